The molecule has 0 unspecified atom stereocenters. The second-order valence-corrected chi connectivity index (χ2v) is 7.23. The van der Waals surface area contributed by atoms with E-state index in [0.717, 1.165) is 41.1 Å². The summed E-state index contributed by atoms with van der Waals surface area (Å²) in [6, 6.07) is 16.9. The molecule has 4 aromatic rings. The molecule has 1 fully saturated rings. The number of rotatable bonds is 3. The van der Waals surface area contributed by atoms with Crippen LogP contribution in [0, 0.1) is 6.92 Å². The van der Waals surface area contributed by atoms with E-state index in [9.17, 15) is 0 Å². The molecule has 0 spiro atoms. The number of anilines is 1. The highest BCUT2D eigenvalue weighted by molar-refractivity contribution is 5.81. The zero-order valence-electron chi connectivity index (χ0n) is 15.5. The highest BCUT2D eigenvalue weighted by atomic mass is 15.2. The summed E-state index contributed by atoms with van der Waals surface area (Å²) < 4.78 is 2.22. The largest absolute Gasteiger partial charge is 0.356 e. The highest BCUT2D eigenvalue weighted by Gasteiger charge is 2.17. The van der Waals surface area contributed by atoms with E-state index in [1.807, 2.05) is 18.5 Å². The van der Waals surface area contributed by atoms with E-state index in [2.05, 4.69) is 69.9 Å². The molecule has 134 valence electrons. The number of hydrogen-bond donors (Lipinski definition) is 0. The Kier molecular flexibility index (Phi) is 3.89. The molecule has 0 N–H and O–H groups in total. The van der Waals surface area contributed by atoms with Gasteiger partial charge in [0.15, 0.2) is 0 Å². The van der Waals surface area contributed by atoms with Gasteiger partial charge in [-0.2, -0.15) is 0 Å². The van der Waals surface area contributed by atoms with Crippen LogP contribution in [0.4, 0.5) is 5.82 Å². The second kappa shape index (κ2) is 6.54. The maximum absolute atomic E-state index is 4.70. The molecule has 0 bridgehead atoms. The van der Waals surface area contributed by atoms with Crippen LogP contribution in [0.25, 0.3) is 28.0 Å². The van der Waals surface area contributed by atoms with Gasteiger partial charge in [0.1, 0.15) is 11.5 Å². The van der Waals surface area contributed by atoms with Crippen LogP contribution in [0.3, 0.4) is 0 Å². The summed E-state index contributed by atoms with van der Waals surface area (Å²) in [7, 11) is 0. The molecule has 0 atom stereocenters. The average molecular weight is 354 g/mol. The van der Waals surface area contributed by atoms with Gasteiger partial charge in [-0.15, -0.1) is 0 Å². The van der Waals surface area contributed by atoms with E-state index >= 15 is 0 Å². The van der Waals surface area contributed by atoms with E-state index < -0.39 is 0 Å². The van der Waals surface area contributed by atoms with Crippen molar-refractivity contribution >= 4 is 11.5 Å². The van der Waals surface area contributed by atoms with Crippen molar-refractivity contribution in [3.05, 3.63) is 72.7 Å². The Balaban J connectivity index is 1.65. The Morgan fingerprint density at radius 2 is 1.78 bits per heavy atom. The first-order valence-electron chi connectivity index (χ1n) is 9.54. The Morgan fingerprint density at radius 1 is 0.889 bits per heavy atom. The van der Waals surface area contributed by atoms with Gasteiger partial charge in [-0.25, -0.2) is 4.98 Å². The molecule has 0 saturated carbocycles. The smallest absolute Gasteiger partial charge is 0.138 e. The van der Waals surface area contributed by atoms with Gasteiger partial charge in [-0.3, -0.25) is 9.38 Å². The minimum Gasteiger partial charge on any atom is -0.356 e. The van der Waals surface area contributed by atoms with Crippen molar-refractivity contribution < 1.29 is 0 Å². The maximum atomic E-state index is 4.70. The topological polar surface area (TPSA) is 33.4 Å². The number of pyridine rings is 2. The van der Waals surface area contributed by atoms with Crippen molar-refractivity contribution in [1.82, 2.24) is 14.4 Å². The fourth-order valence-electron chi connectivity index (χ4n) is 3.97. The molecular formula is C23H22N4. The molecule has 3 aromatic heterocycles. The van der Waals surface area contributed by atoms with Gasteiger partial charge in [0, 0.05) is 42.2 Å². The Labute approximate surface area is 159 Å². The summed E-state index contributed by atoms with van der Waals surface area (Å²) >= 11 is 0. The fraction of sp³-hybridized carbons (Fsp3) is 0.217. The van der Waals surface area contributed by atoms with Gasteiger partial charge in [0.25, 0.3) is 0 Å². The summed E-state index contributed by atoms with van der Waals surface area (Å²) in [5.41, 5.74) is 6.70. The fourth-order valence-corrected chi connectivity index (χ4v) is 3.97. The first-order valence-corrected chi connectivity index (χ1v) is 9.54. The highest BCUT2D eigenvalue weighted by Crippen LogP contribution is 2.32. The monoisotopic (exact) mass is 354 g/mol. The zero-order valence-corrected chi connectivity index (χ0v) is 15.5. The molecule has 1 saturated heterocycles. The quantitative estimate of drug-likeness (QED) is 0.521. The predicted molar refractivity (Wildman–Crippen MR) is 110 cm³/mol. The molecule has 0 aliphatic carbocycles. The number of imidazole rings is 1. The van der Waals surface area contributed by atoms with E-state index in [-0.39, 0.29) is 0 Å². The Bertz CT molecular complexity index is 1110. The Hall–Kier alpha value is -3.14. The van der Waals surface area contributed by atoms with Crippen LogP contribution in [0.15, 0.2) is 67.1 Å². The number of nitrogens with zero attached hydrogens (tertiary/aromatic N) is 4. The van der Waals surface area contributed by atoms with Gasteiger partial charge in [-0.1, -0.05) is 29.8 Å². The van der Waals surface area contributed by atoms with Crippen molar-refractivity contribution in [2.45, 2.75) is 19.8 Å². The second-order valence-electron chi connectivity index (χ2n) is 7.23. The van der Waals surface area contributed by atoms with E-state index in [1.165, 1.54) is 24.2 Å². The van der Waals surface area contributed by atoms with Gasteiger partial charge >= 0.3 is 0 Å². The lowest BCUT2D eigenvalue weighted by Crippen LogP contribution is -2.19. The van der Waals surface area contributed by atoms with Crippen LogP contribution < -0.4 is 4.90 Å². The molecule has 1 aliphatic rings. The third-order valence-corrected chi connectivity index (χ3v) is 5.33. The number of aryl methyl sites for hydroxylation is 1. The lowest BCUT2D eigenvalue weighted by atomic mass is 9.99. The standard InChI is InChI=1S/C23H22N4/c1-17-6-4-7-18(14-17)23-20(8-5-11-24-23)19-9-10-21-25-15-22(27(21)16-19)26-12-2-3-13-26/h4-11,14-16H,2-3,12-13H2,1H3. The van der Waals surface area contributed by atoms with Crippen molar-refractivity contribution in [3.63, 3.8) is 0 Å². The molecule has 5 rings (SSSR count). The average Bonchev–Trinajstić information content (AvgIpc) is 3.37. The van der Waals surface area contributed by atoms with E-state index in [0.29, 0.717) is 0 Å². The van der Waals surface area contributed by atoms with Gasteiger partial charge in [-0.05, 0) is 44.0 Å². The summed E-state index contributed by atoms with van der Waals surface area (Å²) in [4.78, 5) is 11.7. The summed E-state index contributed by atoms with van der Waals surface area (Å²) in [6.07, 6.45) is 8.58. The van der Waals surface area contributed by atoms with Crippen molar-refractivity contribution in [1.29, 1.82) is 0 Å². The van der Waals surface area contributed by atoms with Crippen LogP contribution in [0.1, 0.15) is 18.4 Å². The van der Waals surface area contributed by atoms with E-state index in [4.69, 9.17) is 4.98 Å². The lowest BCUT2D eigenvalue weighted by Gasteiger charge is -2.17. The third kappa shape index (κ3) is 2.87. The van der Waals surface area contributed by atoms with Crippen LogP contribution in [-0.4, -0.2) is 27.5 Å². The lowest BCUT2D eigenvalue weighted by molar-refractivity contribution is 0.925. The molecule has 1 aliphatic heterocycles. The molecular weight excluding hydrogens is 332 g/mol. The van der Waals surface area contributed by atoms with Crippen molar-refractivity contribution in [3.8, 4) is 22.4 Å². The number of benzene rings is 1. The van der Waals surface area contributed by atoms with Gasteiger partial charge < -0.3 is 4.90 Å². The molecule has 4 heterocycles. The molecule has 4 heteroatoms. The predicted octanol–water partition coefficient (Wildman–Crippen LogP) is 4.97. The Morgan fingerprint density at radius 3 is 2.63 bits per heavy atom. The minimum absolute atomic E-state index is 0.988. The first-order chi connectivity index (χ1) is 13.3. The number of aromatic nitrogens is 3. The first kappa shape index (κ1) is 16.1. The maximum Gasteiger partial charge on any atom is 0.138 e. The van der Waals surface area contributed by atoms with Crippen LogP contribution >= 0.6 is 0 Å². The summed E-state index contributed by atoms with van der Waals surface area (Å²) in [5, 5.41) is 0. The SMILES string of the molecule is Cc1cccc(-c2ncccc2-c2ccc3ncc(N4CCCC4)n3c2)c1. The van der Waals surface area contributed by atoms with Gasteiger partial charge in [0.2, 0.25) is 0 Å². The van der Waals surface area contributed by atoms with Crippen molar-refractivity contribution in [2.24, 2.45) is 0 Å². The summed E-state index contributed by atoms with van der Waals surface area (Å²) in [6.45, 7) is 4.34. The molecule has 0 radical (unpaired) electrons. The normalized spacial score (nSPS) is 14.2. The summed E-state index contributed by atoms with van der Waals surface area (Å²) in [5.74, 6) is 1.19. The van der Waals surface area contributed by atoms with E-state index in [1.54, 1.807) is 0 Å². The minimum atomic E-state index is 0.988. The number of fused-ring (bicyclic) bond motifs is 1. The van der Waals surface area contributed by atoms with Crippen LogP contribution in [0.2, 0.25) is 0 Å². The van der Waals surface area contributed by atoms with Gasteiger partial charge in [0.05, 0.1) is 11.9 Å². The molecule has 4 nitrogen and oxygen atoms in total. The number of hydrogen-bond acceptors (Lipinski definition) is 3. The molecule has 1 aromatic carbocycles. The van der Waals surface area contributed by atoms with Crippen LogP contribution in [0.5, 0.6) is 0 Å². The molecule has 0 amide bonds. The van der Waals surface area contributed by atoms with Crippen LogP contribution in [-0.2, 0) is 0 Å². The molecule has 27 heavy (non-hydrogen) atoms. The van der Waals surface area contributed by atoms with Crippen molar-refractivity contribution in [2.75, 3.05) is 18.0 Å². The zero-order chi connectivity index (χ0) is 18.2. The third-order valence-electron chi connectivity index (χ3n) is 5.33.